The Labute approximate surface area is 189 Å². The predicted octanol–water partition coefficient (Wildman–Crippen LogP) is 5.41. The standard InChI is InChI=1S/C14H27NO4.C10H20O2/c1-5-11(15-13(16)19-14(2,3)4)10-18-12-8-6-7-9-17-12;1-3-9(2)8-12-10-6-4-5-7-11-10/h11-12H,5-10H2,1-4H3,(H,15,16);9-10H,3-8H2,1-2H3/t11-,12?;9-,10?/m11/s1. The molecule has 2 aliphatic rings. The van der Waals surface area contributed by atoms with Crippen LogP contribution in [0.4, 0.5) is 4.79 Å². The highest BCUT2D eigenvalue weighted by Gasteiger charge is 2.21. The van der Waals surface area contributed by atoms with Gasteiger partial charge in [-0.25, -0.2) is 4.79 Å². The normalized spacial score (nSPS) is 23.8. The number of hydrogen-bond acceptors (Lipinski definition) is 6. The van der Waals surface area contributed by atoms with Crippen LogP contribution in [0.5, 0.6) is 0 Å². The number of carbonyl (C=O) groups excluding carboxylic acids is 1. The molecule has 0 aliphatic carbocycles. The van der Waals surface area contributed by atoms with Crippen molar-refractivity contribution in [1.29, 1.82) is 0 Å². The Kier molecular flexibility index (Phi) is 14.4. The van der Waals surface area contributed by atoms with E-state index in [0.29, 0.717) is 12.5 Å². The minimum atomic E-state index is -0.476. The Morgan fingerprint density at radius 2 is 1.48 bits per heavy atom. The lowest BCUT2D eigenvalue weighted by Gasteiger charge is -2.26. The number of alkyl carbamates (subject to hydrolysis) is 1. The van der Waals surface area contributed by atoms with E-state index < -0.39 is 11.7 Å². The van der Waals surface area contributed by atoms with Crippen LogP contribution in [0.1, 0.15) is 92.9 Å². The molecule has 0 bridgehead atoms. The second-order valence-electron chi connectivity index (χ2n) is 9.52. The fraction of sp³-hybridized carbons (Fsp3) is 0.958. The smallest absolute Gasteiger partial charge is 0.407 e. The van der Waals surface area contributed by atoms with Gasteiger partial charge < -0.3 is 29.0 Å². The second kappa shape index (κ2) is 15.8. The summed E-state index contributed by atoms with van der Waals surface area (Å²) in [5.41, 5.74) is -0.476. The number of hydrogen-bond donors (Lipinski definition) is 1. The van der Waals surface area contributed by atoms with Crippen LogP contribution >= 0.6 is 0 Å². The number of rotatable bonds is 9. The maximum Gasteiger partial charge on any atom is 0.407 e. The van der Waals surface area contributed by atoms with Gasteiger partial charge >= 0.3 is 6.09 Å². The van der Waals surface area contributed by atoms with Crippen molar-refractivity contribution in [3.05, 3.63) is 0 Å². The van der Waals surface area contributed by atoms with Crippen molar-refractivity contribution in [3.8, 4) is 0 Å². The van der Waals surface area contributed by atoms with Gasteiger partial charge in [-0.05, 0) is 71.6 Å². The Hall–Kier alpha value is -0.890. The van der Waals surface area contributed by atoms with Crippen molar-refractivity contribution in [2.45, 2.75) is 117 Å². The zero-order valence-electron chi connectivity index (χ0n) is 20.7. The molecule has 1 N–H and O–H groups in total. The van der Waals surface area contributed by atoms with Crippen LogP contribution < -0.4 is 5.32 Å². The van der Waals surface area contributed by atoms with Crippen LogP contribution in [0.15, 0.2) is 0 Å². The predicted molar refractivity (Wildman–Crippen MR) is 122 cm³/mol. The van der Waals surface area contributed by atoms with Gasteiger partial charge in [-0.1, -0.05) is 27.2 Å². The zero-order valence-corrected chi connectivity index (χ0v) is 20.7. The zero-order chi connectivity index (χ0) is 23.1. The molecule has 7 nitrogen and oxygen atoms in total. The van der Waals surface area contributed by atoms with E-state index in [-0.39, 0.29) is 18.6 Å². The summed E-state index contributed by atoms with van der Waals surface area (Å²) in [5, 5.41) is 2.82. The highest BCUT2D eigenvalue weighted by Crippen LogP contribution is 2.16. The first kappa shape index (κ1) is 28.1. The van der Waals surface area contributed by atoms with Gasteiger partial charge in [-0.2, -0.15) is 0 Å². The first-order chi connectivity index (χ1) is 14.7. The molecular weight excluding hydrogens is 398 g/mol. The lowest BCUT2D eigenvalue weighted by molar-refractivity contribution is -0.168. The van der Waals surface area contributed by atoms with Gasteiger partial charge in [0.2, 0.25) is 0 Å². The van der Waals surface area contributed by atoms with Gasteiger partial charge in [0, 0.05) is 13.2 Å². The number of ether oxygens (including phenoxy) is 5. The Balaban J connectivity index is 0.000000343. The van der Waals surface area contributed by atoms with Crippen molar-refractivity contribution in [1.82, 2.24) is 5.32 Å². The molecule has 0 radical (unpaired) electrons. The molecule has 1 amide bonds. The number of carbonyl (C=O) groups is 1. The van der Waals surface area contributed by atoms with Crippen LogP contribution in [-0.2, 0) is 23.7 Å². The van der Waals surface area contributed by atoms with Crippen LogP contribution in [-0.4, -0.2) is 56.7 Å². The minimum absolute atomic E-state index is 0.0413. The lowest BCUT2D eigenvalue weighted by atomic mass is 10.1. The van der Waals surface area contributed by atoms with E-state index in [2.05, 4.69) is 19.2 Å². The molecule has 0 aromatic rings. The molecule has 2 heterocycles. The van der Waals surface area contributed by atoms with Crippen molar-refractivity contribution < 1.29 is 28.5 Å². The molecule has 2 aliphatic heterocycles. The molecule has 0 spiro atoms. The molecule has 0 aromatic heterocycles. The summed E-state index contributed by atoms with van der Waals surface area (Å²) in [6.45, 7) is 14.9. The molecule has 0 saturated carbocycles. The maximum atomic E-state index is 11.7. The van der Waals surface area contributed by atoms with Gasteiger partial charge in [0.05, 0.1) is 19.3 Å². The van der Waals surface area contributed by atoms with Crippen LogP contribution in [0.2, 0.25) is 0 Å². The third kappa shape index (κ3) is 14.7. The fourth-order valence-corrected chi connectivity index (χ4v) is 3.03. The third-order valence-electron chi connectivity index (χ3n) is 5.24. The van der Waals surface area contributed by atoms with E-state index in [1.807, 2.05) is 27.7 Å². The largest absolute Gasteiger partial charge is 0.444 e. The topological polar surface area (TPSA) is 75.3 Å². The van der Waals surface area contributed by atoms with Crippen LogP contribution in [0.3, 0.4) is 0 Å². The van der Waals surface area contributed by atoms with Gasteiger partial charge in [-0.3, -0.25) is 0 Å². The first-order valence-corrected chi connectivity index (χ1v) is 12.2. The molecule has 2 fully saturated rings. The summed E-state index contributed by atoms with van der Waals surface area (Å²) in [7, 11) is 0. The molecule has 2 rings (SSSR count). The first-order valence-electron chi connectivity index (χ1n) is 12.2. The highest BCUT2D eigenvalue weighted by atomic mass is 16.7. The van der Waals surface area contributed by atoms with E-state index in [4.69, 9.17) is 23.7 Å². The van der Waals surface area contributed by atoms with Crippen molar-refractivity contribution in [3.63, 3.8) is 0 Å². The van der Waals surface area contributed by atoms with E-state index >= 15 is 0 Å². The monoisotopic (exact) mass is 445 g/mol. The highest BCUT2D eigenvalue weighted by molar-refractivity contribution is 5.68. The Bertz CT molecular complexity index is 455. The van der Waals surface area contributed by atoms with Gasteiger partial charge in [0.25, 0.3) is 0 Å². The molecule has 2 saturated heterocycles. The summed E-state index contributed by atoms with van der Waals surface area (Å²) in [4.78, 5) is 11.7. The summed E-state index contributed by atoms with van der Waals surface area (Å²) >= 11 is 0. The van der Waals surface area contributed by atoms with E-state index in [1.165, 1.54) is 19.3 Å². The minimum Gasteiger partial charge on any atom is -0.444 e. The molecule has 31 heavy (non-hydrogen) atoms. The SMILES string of the molecule is CC[C@@H](C)COC1CCCCO1.CC[C@H](COC1CCCCO1)NC(=O)OC(C)(C)C. The number of nitrogens with one attached hydrogen (secondary N) is 1. The lowest BCUT2D eigenvalue weighted by Crippen LogP contribution is -2.42. The Morgan fingerprint density at radius 3 is 1.90 bits per heavy atom. The Morgan fingerprint density at radius 1 is 0.935 bits per heavy atom. The van der Waals surface area contributed by atoms with Crippen LogP contribution in [0.25, 0.3) is 0 Å². The molecule has 7 heteroatoms. The van der Waals surface area contributed by atoms with Crippen molar-refractivity contribution >= 4 is 6.09 Å². The summed E-state index contributed by atoms with van der Waals surface area (Å²) in [5.74, 6) is 0.663. The third-order valence-corrected chi connectivity index (χ3v) is 5.24. The molecule has 184 valence electrons. The quantitative estimate of drug-likeness (QED) is 0.511. The van der Waals surface area contributed by atoms with Gasteiger partial charge in [0.15, 0.2) is 12.6 Å². The summed E-state index contributed by atoms with van der Waals surface area (Å²) in [6, 6.07) is -0.0413. The fourth-order valence-electron chi connectivity index (χ4n) is 3.03. The van der Waals surface area contributed by atoms with Crippen LogP contribution in [0, 0.1) is 5.92 Å². The maximum absolute atomic E-state index is 11.7. The van der Waals surface area contributed by atoms with Gasteiger partial charge in [-0.15, -0.1) is 0 Å². The number of amides is 1. The molecule has 4 atom stereocenters. The molecule has 2 unspecified atom stereocenters. The van der Waals surface area contributed by atoms with E-state index in [1.54, 1.807) is 0 Å². The average molecular weight is 446 g/mol. The van der Waals surface area contributed by atoms with Gasteiger partial charge in [0.1, 0.15) is 5.60 Å². The van der Waals surface area contributed by atoms with E-state index in [9.17, 15) is 4.79 Å². The molecule has 0 aromatic carbocycles. The molecular formula is C24H47NO6. The summed E-state index contributed by atoms with van der Waals surface area (Å²) in [6.07, 6.45) is 8.27. The second-order valence-corrected chi connectivity index (χ2v) is 9.52. The summed E-state index contributed by atoms with van der Waals surface area (Å²) < 4.78 is 27.5. The van der Waals surface area contributed by atoms with Crippen molar-refractivity contribution in [2.24, 2.45) is 5.92 Å². The average Bonchev–Trinajstić information content (AvgIpc) is 2.75. The van der Waals surface area contributed by atoms with Crippen molar-refractivity contribution in [2.75, 3.05) is 26.4 Å². The van der Waals surface area contributed by atoms with E-state index in [0.717, 1.165) is 51.9 Å².